The molecule has 4 rings (SSSR count). The van der Waals surface area contributed by atoms with E-state index < -0.39 is 10.0 Å². The molecular weight excluding hydrogens is 398 g/mol. The summed E-state index contributed by atoms with van der Waals surface area (Å²) in [6.07, 6.45) is 2.19. The van der Waals surface area contributed by atoms with E-state index in [-0.39, 0.29) is 22.8 Å². The summed E-state index contributed by atoms with van der Waals surface area (Å²) in [6.45, 7) is 5.35. The van der Waals surface area contributed by atoms with Gasteiger partial charge in [-0.05, 0) is 43.9 Å². The number of benzene rings is 2. The Balaban J connectivity index is 1.40. The molecule has 158 valence electrons. The van der Waals surface area contributed by atoms with Crippen molar-refractivity contribution in [1.29, 1.82) is 0 Å². The highest BCUT2D eigenvalue weighted by atomic mass is 32.2. The Labute approximate surface area is 178 Å². The van der Waals surface area contributed by atoms with Crippen LogP contribution in [-0.2, 0) is 14.8 Å². The van der Waals surface area contributed by atoms with E-state index in [0.717, 1.165) is 12.0 Å². The Morgan fingerprint density at radius 2 is 1.80 bits per heavy atom. The molecule has 6 nitrogen and oxygen atoms in total. The molecule has 0 bridgehead atoms. The van der Waals surface area contributed by atoms with Gasteiger partial charge in [-0.3, -0.25) is 4.79 Å². The molecule has 2 aromatic carbocycles. The van der Waals surface area contributed by atoms with Gasteiger partial charge < -0.3 is 10.2 Å². The molecule has 0 radical (unpaired) electrons. The van der Waals surface area contributed by atoms with Crippen LogP contribution in [0.2, 0.25) is 0 Å². The number of hydrogen-bond acceptors (Lipinski definition) is 4. The highest BCUT2D eigenvalue weighted by molar-refractivity contribution is 7.90. The summed E-state index contributed by atoms with van der Waals surface area (Å²) in [5, 5.41) is 3.20. The predicted octanol–water partition coefficient (Wildman–Crippen LogP) is 3.42. The molecule has 0 aromatic heterocycles. The quantitative estimate of drug-likeness (QED) is 0.814. The van der Waals surface area contributed by atoms with Crippen molar-refractivity contribution in [2.24, 2.45) is 10.3 Å². The fourth-order valence-corrected chi connectivity index (χ4v) is 5.41. The third-order valence-corrected chi connectivity index (χ3v) is 7.31. The van der Waals surface area contributed by atoms with Gasteiger partial charge in [0.1, 0.15) is 4.90 Å². The first-order valence-electron chi connectivity index (χ1n) is 10.5. The van der Waals surface area contributed by atoms with Gasteiger partial charge >= 0.3 is 0 Å². The second-order valence-corrected chi connectivity index (χ2v) is 9.60. The number of nitrogens with zero attached hydrogens (tertiary/aromatic N) is 2. The van der Waals surface area contributed by atoms with Crippen LogP contribution in [0.5, 0.6) is 0 Å². The molecule has 0 aliphatic carbocycles. The van der Waals surface area contributed by atoms with E-state index in [0.29, 0.717) is 37.3 Å². The molecule has 2 aromatic rings. The van der Waals surface area contributed by atoms with Crippen LogP contribution < -0.4 is 5.32 Å². The number of carbonyl (C=O) groups excluding carboxylic acids is 1. The average molecular weight is 426 g/mol. The van der Waals surface area contributed by atoms with Crippen LogP contribution in [0.25, 0.3) is 0 Å². The second-order valence-electron chi connectivity index (χ2n) is 8.03. The third-order valence-electron chi connectivity index (χ3n) is 5.98. The number of sulfonamides is 1. The molecule has 2 heterocycles. The minimum absolute atomic E-state index is 0.00681. The van der Waals surface area contributed by atoms with Gasteiger partial charge in [-0.1, -0.05) is 48.9 Å². The van der Waals surface area contributed by atoms with E-state index in [1.807, 2.05) is 11.0 Å². The average Bonchev–Trinajstić information content (AvgIpc) is 3.04. The molecule has 0 spiro atoms. The minimum Gasteiger partial charge on any atom is -0.355 e. The number of amidine groups is 1. The summed E-state index contributed by atoms with van der Waals surface area (Å²) in [7, 11) is -3.62. The Hall–Kier alpha value is -2.67. The van der Waals surface area contributed by atoms with E-state index in [4.69, 9.17) is 0 Å². The van der Waals surface area contributed by atoms with Crippen molar-refractivity contribution < 1.29 is 13.2 Å². The summed E-state index contributed by atoms with van der Waals surface area (Å²) in [5.74, 6) is 0.508. The van der Waals surface area contributed by atoms with Crippen molar-refractivity contribution in [1.82, 2.24) is 10.2 Å². The van der Waals surface area contributed by atoms with E-state index >= 15 is 0 Å². The van der Waals surface area contributed by atoms with E-state index in [1.165, 1.54) is 5.56 Å². The standard InChI is InChI=1S/C23H27N3O3S/c1-3-20(17-10-8-16(2)9-11-17)24-23(27)18-12-14-26(15-13-18)22-19-6-4-5-7-21(19)30(28,29)25-22/h4-11,18,20H,3,12-15H2,1-2H3,(H,24,27). The third kappa shape index (κ3) is 3.99. The Kier molecular flexibility index (Phi) is 5.64. The zero-order valence-corrected chi connectivity index (χ0v) is 18.2. The summed E-state index contributed by atoms with van der Waals surface area (Å²) >= 11 is 0. The zero-order valence-electron chi connectivity index (χ0n) is 17.3. The molecule has 0 saturated carbocycles. The van der Waals surface area contributed by atoms with Gasteiger partial charge in [0.2, 0.25) is 5.91 Å². The first-order chi connectivity index (χ1) is 14.4. The monoisotopic (exact) mass is 425 g/mol. The lowest BCUT2D eigenvalue weighted by Gasteiger charge is -2.33. The van der Waals surface area contributed by atoms with Crippen LogP contribution in [0, 0.1) is 12.8 Å². The largest absolute Gasteiger partial charge is 0.355 e. The Bertz CT molecular complexity index is 1070. The van der Waals surface area contributed by atoms with Crippen molar-refractivity contribution in [3.63, 3.8) is 0 Å². The van der Waals surface area contributed by atoms with Crippen molar-refractivity contribution in [2.45, 2.75) is 44.0 Å². The first kappa shape index (κ1) is 20.6. The molecule has 30 heavy (non-hydrogen) atoms. The molecule has 1 amide bonds. The van der Waals surface area contributed by atoms with Crippen molar-refractivity contribution in [3.8, 4) is 0 Å². The number of aryl methyl sites for hydroxylation is 1. The maximum atomic E-state index is 12.9. The Morgan fingerprint density at radius 3 is 2.47 bits per heavy atom. The van der Waals surface area contributed by atoms with E-state index in [1.54, 1.807) is 18.2 Å². The van der Waals surface area contributed by atoms with Gasteiger partial charge in [0.05, 0.1) is 6.04 Å². The van der Waals surface area contributed by atoms with Crippen LogP contribution >= 0.6 is 0 Å². The minimum atomic E-state index is -3.62. The van der Waals surface area contributed by atoms with Crippen LogP contribution in [-0.4, -0.2) is 38.2 Å². The molecule has 1 saturated heterocycles. The highest BCUT2D eigenvalue weighted by Crippen LogP contribution is 2.30. The number of likely N-dealkylation sites (tertiary alicyclic amines) is 1. The number of fused-ring (bicyclic) bond motifs is 1. The number of rotatable bonds is 4. The van der Waals surface area contributed by atoms with Gasteiger partial charge in [0.15, 0.2) is 5.84 Å². The lowest BCUT2D eigenvalue weighted by molar-refractivity contribution is -0.127. The highest BCUT2D eigenvalue weighted by Gasteiger charge is 2.34. The summed E-state index contributed by atoms with van der Waals surface area (Å²) < 4.78 is 28.6. The van der Waals surface area contributed by atoms with Crippen molar-refractivity contribution in [2.75, 3.05) is 13.1 Å². The molecule has 2 aliphatic heterocycles. The lowest BCUT2D eigenvalue weighted by Crippen LogP contribution is -2.43. The van der Waals surface area contributed by atoms with Gasteiger partial charge in [0.25, 0.3) is 10.0 Å². The lowest BCUT2D eigenvalue weighted by atomic mass is 9.94. The normalized spacial score (nSPS) is 19.1. The molecular formula is C23H27N3O3S. The fourth-order valence-electron chi connectivity index (χ4n) is 4.18. The summed E-state index contributed by atoms with van der Waals surface area (Å²) in [5.41, 5.74) is 2.98. The maximum Gasteiger partial charge on any atom is 0.285 e. The number of hydrogen-bond donors (Lipinski definition) is 1. The van der Waals surface area contributed by atoms with Crippen LogP contribution in [0.15, 0.2) is 57.8 Å². The maximum absolute atomic E-state index is 12.9. The van der Waals surface area contributed by atoms with Gasteiger partial charge in [-0.15, -0.1) is 4.40 Å². The first-order valence-corrected chi connectivity index (χ1v) is 11.9. The van der Waals surface area contributed by atoms with Crippen LogP contribution in [0.3, 0.4) is 0 Å². The number of piperidine rings is 1. The SMILES string of the molecule is CCC(NC(=O)C1CCN(C2=NS(=O)(=O)c3ccccc32)CC1)c1ccc(C)cc1. The van der Waals surface area contributed by atoms with Gasteiger partial charge in [0, 0.05) is 24.6 Å². The number of carbonyl (C=O) groups is 1. The fraction of sp³-hybridized carbons (Fsp3) is 0.391. The van der Waals surface area contributed by atoms with Gasteiger partial charge in [-0.2, -0.15) is 8.42 Å². The predicted molar refractivity (Wildman–Crippen MR) is 117 cm³/mol. The summed E-state index contributed by atoms with van der Waals surface area (Å²) in [4.78, 5) is 15.1. The number of amides is 1. The van der Waals surface area contributed by atoms with E-state index in [9.17, 15) is 13.2 Å². The molecule has 7 heteroatoms. The zero-order chi connectivity index (χ0) is 21.3. The van der Waals surface area contributed by atoms with Gasteiger partial charge in [-0.25, -0.2) is 0 Å². The van der Waals surface area contributed by atoms with Crippen LogP contribution in [0.1, 0.15) is 48.9 Å². The summed E-state index contributed by atoms with van der Waals surface area (Å²) in [6, 6.07) is 15.2. The smallest absolute Gasteiger partial charge is 0.285 e. The molecule has 1 N–H and O–H groups in total. The molecule has 1 unspecified atom stereocenters. The van der Waals surface area contributed by atoms with E-state index in [2.05, 4.69) is 47.8 Å². The topological polar surface area (TPSA) is 78.8 Å². The molecule has 1 fully saturated rings. The molecule has 2 aliphatic rings. The van der Waals surface area contributed by atoms with Crippen molar-refractivity contribution >= 4 is 21.8 Å². The Morgan fingerprint density at radius 1 is 1.13 bits per heavy atom. The second kappa shape index (κ2) is 8.22. The van der Waals surface area contributed by atoms with Crippen molar-refractivity contribution in [3.05, 3.63) is 65.2 Å². The molecule has 1 atom stereocenters. The van der Waals surface area contributed by atoms with Crippen LogP contribution in [0.4, 0.5) is 0 Å². The number of nitrogens with one attached hydrogen (secondary N) is 1.